The van der Waals surface area contributed by atoms with Crippen LogP contribution in [0.1, 0.15) is 0 Å². The normalized spacial score (nSPS) is 24.4. The lowest BCUT2D eigenvalue weighted by molar-refractivity contribution is -0.387. The van der Waals surface area contributed by atoms with Gasteiger partial charge in [0.15, 0.2) is 17.3 Å². The van der Waals surface area contributed by atoms with Crippen LogP contribution in [0.3, 0.4) is 0 Å². The Hall–Kier alpha value is -3.59. The Balaban J connectivity index is 1.81. The first-order valence-electron chi connectivity index (χ1n) is 10.2. The molecule has 0 amide bonds. The van der Waals surface area contributed by atoms with Crippen LogP contribution in [0.5, 0.6) is 28.7 Å². The Bertz CT molecular complexity index is 1280. The molecule has 7 N–H and O–H groups in total. The van der Waals surface area contributed by atoms with Crippen molar-refractivity contribution in [3.05, 3.63) is 40.6 Å². The van der Waals surface area contributed by atoms with Crippen molar-refractivity contribution in [3.8, 4) is 40.1 Å². The maximum Gasteiger partial charge on any atom is 0.256 e. The van der Waals surface area contributed by atoms with Crippen LogP contribution in [0.15, 0.2) is 39.5 Å². The molecule has 4 rings (SSSR count). The molecule has 1 aromatic heterocycles. The molecular weight excluding hydrogens is 472 g/mol. The van der Waals surface area contributed by atoms with Crippen LogP contribution in [-0.4, -0.2) is 80.2 Å². The highest BCUT2D eigenvalue weighted by Gasteiger charge is 2.45. The summed E-state index contributed by atoms with van der Waals surface area (Å²) in [7, 11) is 1.30. The third-order valence-corrected chi connectivity index (χ3v) is 5.43. The molecule has 1 aliphatic heterocycles. The summed E-state index contributed by atoms with van der Waals surface area (Å²) < 4.78 is 16.0. The van der Waals surface area contributed by atoms with E-state index in [1.54, 1.807) is 0 Å². The van der Waals surface area contributed by atoms with Crippen molar-refractivity contribution in [1.82, 2.24) is 0 Å². The highest BCUT2D eigenvalue weighted by Crippen LogP contribution is 2.39. The number of aliphatic hydroxyl groups excluding tert-OH is 4. The van der Waals surface area contributed by atoms with Gasteiger partial charge in [-0.25, -0.2) is 0 Å². The molecule has 0 saturated carbocycles. The fourth-order valence-electron chi connectivity index (χ4n) is 3.60. The Morgan fingerprint density at radius 2 is 1.71 bits per heavy atom. The second-order valence-corrected chi connectivity index (χ2v) is 7.69. The molecule has 1 fully saturated rings. The molecule has 188 valence electrons. The van der Waals surface area contributed by atoms with Gasteiger partial charge in [0.05, 0.1) is 13.7 Å². The van der Waals surface area contributed by atoms with Gasteiger partial charge in [-0.3, -0.25) is 4.79 Å². The molecule has 2 heterocycles. The molecule has 5 atom stereocenters. The van der Waals surface area contributed by atoms with Crippen molar-refractivity contribution in [2.45, 2.75) is 30.7 Å². The zero-order valence-electron chi connectivity index (χ0n) is 18.1. The van der Waals surface area contributed by atoms with Crippen LogP contribution < -0.4 is 15.1 Å². The fraction of sp³-hybridized carbons (Fsp3) is 0.318. The summed E-state index contributed by atoms with van der Waals surface area (Å²) >= 11 is 0. The number of hydrogen-bond acceptors (Lipinski definition) is 13. The minimum absolute atomic E-state index is 0.0183. The minimum atomic E-state index is -1.83. The average molecular weight is 494 g/mol. The predicted octanol–water partition coefficient (Wildman–Crippen LogP) is -0.304. The first-order chi connectivity index (χ1) is 16.7. The topological polar surface area (TPSA) is 209 Å². The number of benzene rings is 2. The SMILES string of the molecule is COc1cc(-c2oc3cc(O)cc(O)c3c(=O)c2OO[C@@H]2O[C@H](CO)[C@@H](O)[C@H](O)[C@H]2O)ccc1O. The number of phenolic OH excluding ortho intramolecular Hbond substituents is 3. The first kappa shape index (κ1) is 24.5. The summed E-state index contributed by atoms with van der Waals surface area (Å²) in [5.41, 5.74) is -1.01. The molecule has 1 aliphatic rings. The monoisotopic (exact) mass is 494 g/mol. The second kappa shape index (κ2) is 9.58. The smallest absolute Gasteiger partial charge is 0.256 e. The number of fused-ring (bicyclic) bond motifs is 1. The van der Waals surface area contributed by atoms with E-state index >= 15 is 0 Å². The first-order valence-corrected chi connectivity index (χ1v) is 10.2. The summed E-state index contributed by atoms with van der Waals surface area (Å²) in [6, 6.07) is 5.90. The van der Waals surface area contributed by atoms with Crippen molar-refractivity contribution in [1.29, 1.82) is 0 Å². The quantitative estimate of drug-likeness (QED) is 0.174. The number of ether oxygens (including phenoxy) is 2. The third-order valence-electron chi connectivity index (χ3n) is 5.43. The Morgan fingerprint density at radius 1 is 0.971 bits per heavy atom. The lowest BCUT2D eigenvalue weighted by Gasteiger charge is -2.38. The number of phenols is 3. The Morgan fingerprint density at radius 3 is 2.40 bits per heavy atom. The highest BCUT2D eigenvalue weighted by molar-refractivity contribution is 5.88. The van der Waals surface area contributed by atoms with Gasteiger partial charge in [-0.05, 0) is 18.2 Å². The maximum absolute atomic E-state index is 13.2. The van der Waals surface area contributed by atoms with E-state index in [0.29, 0.717) is 0 Å². The number of methoxy groups -OCH3 is 1. The lowest BCUT2D eigenvalue weighted by Crippen LogP contribution is -2.59. The van der Waals surface area contributed by atoms with Crippen LogP contribution in [-0.2, 0) is 9.62 Å². The zero-order valence-corrected chi connectivity index (χ0v) is 18.1. The molecule has 0 bridgehead atoms. The third kappa shape index (κ3) is 4.43. The number of aliphatic hydroxyl groups is 4. The molecule has 3 aromatic rings. The van der Waals surface area contributed by atoms with Crippen molar-refractivity contribution in [2.24, 2.45) is 0 Å². The molecule has 0 radical (unpaired) electrons. The van der Waals surface area contributed by atoms with Crippen molar-refractivity contribution in [2.75, 3.05) is 13.7 Å². The highest BCUT2D eigenvalue weighted by atomic mass is 17.2. The van der Waals surface area contributed by atoms with E-state index in [1.165, 1.54) is 25.3 Å². The molecule has 0 aliphatic carbocycles. The number of aromatic hydroxyl groups is 3. The lowest BCUT2D eigenvalue weighted by atomic mass is 9.99. The number of rotatable bonds is 6. The van der Waals surface area contributed by atoms with Gasteiger partial charge in [0.2, 0.25) is 11.7 Å². The van der Waals surface area contributed by atoms with Crippen LogP contribution in [0.4, 0.5) is 0 Å². The molecule has 2 aromatic carbocycles. The van der Waals surface area contributed by atoms with Gasteiger partial charge in [0.1, 0.15) is 46.9 Å². The molecule has 13 heteroatoms. The summed E-state index contributed by atoms with van der Waals surface area (Å²) in [6.45, 7) is -0.723. The van der Waals surface area contributed by atoms with Gasteiger partial charge in [0, 0.05) is 17.7 Å². The standard InChI is InChI=1S/C22H22O13/c1-31-12-4-8(2-3-10(12)25)20-21(17(28)15-11(26)5-9(24)6-13(15)32-20)34-35-22-19(30)18(29)16(27)14(7-23)33-22/h2-6,14,16,18-19,22-27,29-30H,7H2,1H3/t14-,16-,18+,19-,22+/m1/s1. The molecule has 1 saturated heterocycles. The van der Waals surface area contributed by atoms with Gasteiger partial charge in [0.25, 0.3) is 5.75 Å². The number of hydrogen-bond donors (Lipinski definition) is 7. The largest absolute Gasteiger partial charge is 0.508 e. The second-order valence-electron chi connectivity index (χ2n) is 7.69. The molecule has 0 spiro atoms. The van der Waals surface area contributed by atoms with Gasteiger partial charge in [-0.15, -0.1) is 0 Å². The van der Waals surface area contributed by atoms with Crippen LogP contribution in [0, 0.1) is 0 Å². The minimum Gasteiger partial charge on any atom is -0.508 e. The zero-order chi connectivity index (χ0) is 25.4. The van der Waals surface area contributed by atoms with E-state index in [0.717, 1.165) is 12.1 Å². The van der Waals surface area contributed by atoms with Crippen LogP contribution in [0.25, 0.3) is 22.3 Å². The van der Waals surface area contributed by atoms with Crippen LogP contribution in [0.2, 0.25) is 0 Å². The summed E-state index contributed by atoms with van der Waals surface area (Å²) in [5.74, 6) is -2.13. The van der Waals surface area contributed by atoms with E-state index in [4.69, 9.17) is 23.7 Å². The van der Waals surface area contributed by atoms with Crippen molar-refractivity contribution >= 4 is 11.0 Å². The molecule has 35 heavy (non-hydrogen) atoms. The van der Waals surface area contributed by atoms with Crippen LogP contribution >= 0.6 is 0 Å². The summed E-state index contributed by atoms with van der Waals surface area (Å²) in [5, 5.41) is 68.9. The van der Waals surface area contributed by atoms with Gasteiger partial charge < -0.3 is 54.5 Å². The van der Waals surface area contributed by atoms with Crippen molar-refractivity contribution in [3.63, 3.8) is 0 Å². The van der Waals surface area contributed by atoms with Crippen molar-refractivity contribution < 1.29 is 59.4 Å². The Kier molecular flexibility index (Phi) is 6.71. The molecule has 0 unspecified atom stereocenters. The van der Waals surface area contributed by atoms with E-state index in [1.807, 2.05) is 0 Å². The van der Waals surface area contributed by atoms with E-state index in [2.05, 4.69) is 0 Å². The molecule has 13 nitrogen and oxygen atoms in total. The maximum atomic E-state index is 13.2. The summed E-state index contributed by atoms with van der Waals surface area (Å²) in [6.07, 6.45) is -8.30. The van der Waals surface area contributed by atoms with Gasteiger partial charge in [-0.2, -0.15) is 4.89 Å². The van der Waals surface area contributed by atoms with Gasteiger partial charge >= 0.3 is 0 Å². The summed E-state index contributed by atoms with van der Waals surface area (Å²) in [4.78, 5) is 23.5. The van der Waals surface area contributed by atoms with E-state index in [9.17, 15) is 40.5 Å². The van der Waals surface area contributed by atoms with E-state index in [-0.39, 0.29) is 33.8 Å². The average Bonchev–Trinajstić information content (AvgIpc) is 2.82. The fourth-order valence-corrected chi connectivity index (χ4v) is 3.60. The Labute approximate surface area is 196 Å². The predicted molar refractivity (Wildman–Crippen MR) is 115 cm³/mol. The van der Waals surface area contributed by atoms with E-state index < -0.39 is 60.0 Å². The van der Waals surface area contributed by atoms with Gasteiger partial charge in [-0.1, -0.05) is 0 Å². The molecular formula is C22H22O13.